The number of amides is 1. The lowest BCUT2D eigenvalue weighted by molar-refractivity contribution is -0.119. The number of hydrogen-bond acceptors (Lipinski definition) is 5. The number of carbonyl (C=O) groups is 1. The van der Waals surface area contributed by atoms with Gasteiger partial charge in [-0.3, -0.25) is 4.79 Å². The fraction of sp³-hybridized carbons (Fsp3) is 0.444. The lowest BCUT2D eigenvalue weighted by Crippen LogP contribution is -2.33. The van der Waals surface area contributed by atoms with Crippen molar-refractivity contribution in [2.45, 2.75) is 6.42 Å². The van der Waals surface area contributed by atoms with Gasteiger partial charge in [-0.1, -0.05) is 0 Å². The molecule has 0 unspecified atom stereocenters. The van der Waals surface area contributed by atoms with Crippen molar-refractivity contribution in [3.8, 4) is 0 Å². The minimum Gasteiger partial charge on any atom is -0.382 e. The summed E-state index contributed by atoms with van der Waals surface area (Å²) < 4.78 is 0. The van der Waals surface area contributed by atoms with Crippen LogP contribution in [0.4, 0.5) is 11.6 Å². The molecular weight excluding hydrogens is 194 g/mol. The van der Waals surface area contributed by atoms with E-state index in [1.807, 2.05) is 4.90 Å². The zero-order chi connectivity index (χ0) is 10.7. The van der Waals surface area contributed by atoms with E-state index in [2.05, 4.69) is 15.5 Å². The van der Waals surface area contributed by atoms with Crippen LogP contribution in [0.15, 0.2) is 12.1 Å². The van der Waals surface area contributed by atoms with Crippen molar-refractivity contribution in [2.75, 3.05) is 30.3 Å². The summed E-state index contributed by atoms with van der Waals surface area (Å²) >= 11 is 0. The average Bonchev–Trinajstić information content (AvgIpc) is 2.44. The van der Waals surface area contributed by atoms with Gasteiger partial charge in [0.05, 0.1) is 6.54 Å². The SMILES string of the molecule is Nc1ccc(N2CCCNC(=O)C2)nn1. The lowest BCUT2D eigenvalue weighted by Gasteiger charge is -2.18. The molecule has 2 heterocycles. The van der Waals surface area contributed by atoms with E-state index in [9.17, 15) is 4.79 Å². The maximum Gasteiger partial charge on any atom is 0.239 e. The number of hydrogen-bond donors (Lipinski definition) is 2. The van der Waals surface area contributed by atoms with Crippen LogP contribution in [-0.4, -0.2) is 35.7 Å². The smallest absolute Gasteiger partial charge is 0.239 e. The topological polar surface area (TPSA) is 84.1 Å². The third kappa shape index (κ3) is 2.34. The normalized spacial score (nSPS) is 17.1. The van der Waals surface area contributed by atoms with Gasteiger partial charge in [0.2, 0.25) is 5.91 Å². The lowest BCUT2D eigenvalue weighted by atomic mass is 10.4. The predicted molar refractivity (Wildman–Crippen MR) is 56.3 cm³/mol. The predicted octanol–water partition coefficient (Wildman–Crippen LogP) is -0.615. The first kappa shape index (κ1) is 9.70. The Morgan fingerprint density at radius 2 is 2.27 bits per heavy atom. The quantitative estimate of drug-likeness (QED) is 0.641. The van der Waals surface area contributed by atoms with Crippen LogP contribution in [0.5, 0.6) is 0 Å². The number of nitrogens with zero attached hydrogens (tertiary/aromatic N) is 3. The highest BCUT2D eigenvalue weighted by Gasteiger charge is 2.15. The van der Waals surface area contributed by atoms with Crippen molar-refractivity contribution in [3.63, 3.8) is 0 Å². The van der Waals surface area contributed by atoms with Crippen LogP contribution in [-0.2, 0) is 4.79 Å². The van der Waals surface area contributed by atoms with Crippen molar-refractivity contribution in [2.24, 2.45) is 0 Å². The van der Waals surface area contributed by atoms with Gasteiger partial charge in [0.1, 0.15) is 5.82 Å². The van der Waals surface area contributed by atoms with Gasteiger partial charge in [-0.15, -0.1) is 10.2 Å². The van der Waals surface area contributed by atoms with E-state index in [1.54, 1.807) is 12.1 Å². The minimum absolute atomic E-state index is 0.0196. The summed E-state index contributed by atoms with van der Waals surface area (Å²) in [6.07, 6.45) is 0.914. The van der Waals surface area contributed by atoms with Crippen LogP contribution in [0.25, 0.3) is 0 Å². The molecule has 2 rings (SSSR count). The van der Waals surface area contributed by atoms with Crippen LogP contribution in [0.2, 0.25) is 0 Å². The Hall–Kier alpha value is -1.85. The summed E-state index contributed by atoms with van der Waals surface area (Å²) in [5.74, 6) is 1.10. The van der Waals surface area contributed by atoms with E-state index in [0.717, 1.165) is 19.5 Å². The summed E-state index contributed by atoms with van der Waals surface area (Å²) in [6, 6.07) is 3.46. The second-order valence-corrected chi connectivity index (χ2v) is 3.44. The fourth-order valence-corrected chi connectivity index (χ4v) is 1.51. The summed E-state index contributed by atoms with van der Waals surface area (Å²) in [5, 5.41) is 10.5. The Morgan fingerprint density at radius 1 is 1.40 bits per heavy atom. The molecule has 6 nitrogen and oxygen atoms in total. The van der Waals surface area contributed by atoms with E-state index < -0.39 is 0 Å². The first-order valence-corrected chi connectivity index (χ1v) is 4.86. The third-order valence-corrected chi connectivity index (χ3v) is 2.26. The largest absolute Gasteiger partial charge is 0.382 e. The molecular formula is C9H13N5O. The Morgan fingerprint density at radius 3 is 3.00 bits per heavy atom. The molecule has 0 radical (unpaired) electrons. The van der Waals surface area contributed by atoms with Crippen LogP contribution in [0.1, 0.15) is 6.42 Å². The maximum absolute atomic E-state index is 11.3. The molecule has 0 spiro atoms. The Bertz CT molecular complexity index is 350. The number of anilines is 2. The van der Waals surface area contributed by atoms with E-state index in [1.165, 1.54) is 0 Å². The second kappa shape index (κ2) is 4.12. The fourth-order valence-electron chi connectivity index (χ4n) is 1.51. The summed E-state index contributed by atoms with van der Waals surface area (Å²) in [7, 11) is 0. The van der Waals surface area contributed by atoms with Crippen molar-refractivity contribution in [1.29, 1.82) is 0 Å². The number of aromatic nitrogens is 2. The Kier molecular flexibility index (Phi) is 2.66. The molecule has 1 saturated heterocycles. The monoisotopic (exact) mass is 207 g/mol. The molecule has 0 aromatic carbocycles. The Balaban J connectivity index is 2.14. The summed E-state index contributed by atoms with van der Waals surface area (Å²) in [4.78, 5) is 13.2. The minimum atomic E-state index is 0.0196. The second-order valence-electron chi connectivity index (χ2n) is 3.44. The summed E-state index contributed by atoms with van der Waals surface area (Å²) in [5.41, 5.74) is 5.44. The molecule has 1 aromatic rings. The molecule has 6 heteroatoms. The van der Waals surface area contributed by atoms with Crippen LogP contribution < -0.4 is 16.0 Å². The standard InChI is InChI=1S/C9H13N5O/c10-7-2-3-8(13-12-7)14-5-1-4-11-9(15)6-14/h2-3H,1,4-6H2,(H2,10,12)(H,11,15). The van der Waals surface area contributed by atoms with Crippen LogP contribution in [0, 0.1) is 0 Å². The van der Waals surface area contributed by atoms with Gasteiger partial charge in [-0.2, -0.15) is 0 Å². The first-order valence-electron chi connectivity index (χ1n) is 4.86. The molecule has 1 aromatic heterocycles. The van der Waals surface area contributed by atoms with Crippen molar-refractivity contribution in [3.05, 3.63) is 12.1 Å². The van der Waals surface area contributed by atoms with E-state index in [-0.39, 0.29) is 5.91 Å². The molecule has 1 amide bonds. The molecule has 3 N–H and O–H groups in total. The van der Waals surface area contributed by atoms with Crippen molar-refractivity contribution in [1.82, 2.24) is 15.5 Å². The van der Waals surface area contributed by atoms with Crippen molar-refractivity contribution < 1.29 is 4.79 Å². The van der Waals surface area contributed by atoms with Crippen LogP contribution >= 0.6 is 0 Å². The molecule has 80 valence electrons. The van der Waals surface area contributed by atoms with Crippen LogP contribution in [0.3, 0.4) is 0 Å². The van der Waals surface area contributed by atoms with Gasteiger partial charge in [0.25, 0.3) is 0 Å². The zero-order valence-electron chi connectivity index (χ0n) is 8.31. The number of nitrogens with one attached hydrogen (secondary N) is 1. The van der Waals surface area contributed by atoms with Gasteiger partial charge in [-0.05, 0) is 18.6 Å². The molecule has 0 bridgehead atoms. The number of rotatable bonds is 1. The highest BCUT2D eigenvalue weighted by Crippen LogP contribution is 2.11. The van der Waals surface area contributed by atoms with Gasteiger partial charge >= 0.3 is 0 Å². The number of nitrogens with two attached hydrogens (primary N) is 1. The van der Waals surface area contributed by atoms with E-state index in [0.29, 0.717) is 18.2 Å². The van der Waals surface area contributed by atoms with Gasteiger partial charge in [0, 0.05) is 13.1 Å². The molecule has 1 aliphatic heterocycles. The molecule has 15 heavy (non-hydrogen) atoms. The third-order valence-electron chi connectivity index (χ3n) is 2.26. The number of nitrogen functional groups attached to an aromatic ring is 1. The van der Waals surface area contributed by atoms with Crippen molar-refractivity contribution >= 4 is 17.5 Å². The summed E-state index contributed by atoms with van der Waals surface area (Å²) in [6.45, 7) is 1.85. The molecule has 0 atom stereocenters. The molecule has 1 fully saturated rings. The maximum atomic E-state index is 11.3. The number of carbonyl (C=O) groups excluding carboxylic acids is 1. The first-order chi connectivity index (χ1) is 7.25. The highest BCUT2D eigenvalue weighted by molar-refractivity contribution is 5.81. The Labute approximate surface area is 87.5 Å². The highest BCUT2D eigenvalue weighted by atomic mass is 16.2. The van der Waals surface area contributed by atoms with Gasteiger partial charge in [-0.25, -0.2) is 0 Å². The van der Waals surface area contributed by atoms with E-state index >= 15 is 0 Å². The average molecular weight is 207 g/mol. The zero-order valence-corrected chi connectivity index (χ0v) is 8.31. The van der Waals surface area contributed by atoms with Gasteiger partial charge in [0.15, 0.2) is 5.82 Å². The molecule has 0 saturated carbocycles. The molecule has 0 aliphatic carbocycles. The molecule has 1 aliphatic rings. The van der Waals surface area contributed by atoms with Gasteiger partial charge < -0.3 is 16.0 Å². The van der Waals surface area contributed by atoms with E-state index in [4.69, 9.17) is 5.73 Å².